The van der Waals surface area contributed by atoms with Gasteiger partial charge in [0.25, 0.3) is 0 Å². The molecule has 2 N–H and O–H groups in total. The Hall–Kier alpha value is -1.70. The summed E-state index contributed by atoms with van der Waals surface area (Å²) >= 11 is 0. The second-order valence-electron chi connectivity index (χ2n) is 4.47. The Balaban J connectivity index is 4.63. The molecule has 0 rings (SSSR count). The van der Waals surface area contributed by atoms with E-state index in [1.165, 1.54) is 4.90 Å². The number of urea groups is 1. The van der Waals surface area contributed by atoms with Gasteiger partial charge in [0.2, 0.25) is 0 Å². The van der Waals surface area contributed by atoms with Crippen molar-refractivity contribution >= 4 is 12.0 Å². The van der Waals surface area contributed by atoms with E-state index in [9.17, 15) is 9.59 Å². The normalized spacial score (nSPS) is 12.4. The van der Waals surface area contributed by atoms with Gasteiger partial charge in [-0.15, -0.1) is 12.3 Å². The lowest BCUT2D eigenvalue weighted by atomic mass is 10.0. The first-order valence-corrected chi connectivity index (χ1v) is 5.46. The Bertz CT molecular complexity index is 331. The van der Waals surface area contributed by atoms with Crippen LogP contribution in [0.4, 0.5) is 4.79 Å². The summed E-state index contributed by atoms with van der Waals surface area (Å²) in [6.07, 6.45) is 5.79. The van der Waals surface area contributed by atoms with Crippen LogP contribution in [0.25, 0.3) is 0 Å². The van der Waals surface area contributed by atoms with Crippen LogP contribution in [-0.2, 0) is 4.79 Å². The molecule has 0 saturated carbocycles. The lowest BCUT2D eigenvalue weighted by Crippen LogP contribution is -2.53. The highest BCUT2D eigenvalue weighted by molar-refractivity contribution is 5.83. The van der Waals surface area contributed by atoms with Crippen LogP contribution in [0.1, 0.15) is 33.6 Å². The maximum atomic E-state index is 11.8. The van der Waals surface area contributed by atoms with E-state index in [4.69, 9.17) is 11.5 Å². The Labute approximate surface area is 102 Å². The molecule has 0 aliphatic carbocycles. The first-order chi connectivity index (χ1) is 7.76. The van der Waals surface area contributed by atoms with Crippen molar-refractivity contribution in [3.05, 3.63) is 0 Å². The quantitative estimate of drug-likeness (QED) is 0.711. The van der Waals surface area contributed by atoms with Gasteiger partial charge in [-0.25, -0.2) is 9.59 Å². The Kier molecular flexibility index (Phi) is 5.52. The molecule has 5 heteroatoms. The van der Waals surface area contributed by atoms with E-state index in [1.807, 2.05) is 20.8 Å². The molecule has 0 fully saturated rings. The molecule has 0 spiro atoms. The minimum absolute atomic E-state index is 0.0263. The number of nitrogens with zero attached hydrogens (tertiary/aromatic N) is 1. The van der Waals surface area contributed by atoms with Crippen molar-refractivity contribution in [1.82, 2.24) is 10.2 Å². The minimum Gasteiger partial charge on any atom is -0.480 e. The van der Waals surface area contributed by atoms with Crippen LogP contribution in [0.5, 0.6) is 0 Å². The highest BCUT2D eigenvalue weighted by atomic mass is 16.4. The van der Waals surface area contributed by atoms with E-state index < -0.39 is 18.0 Å². The predicted octanol–water partition coefficient (Wildman–Crippen LogP) is 1.29. The van der Waals surface area contributed by atoms with Crippen molar-refractivity contribution in [2.24, 2.45) is 0 Å². The summed E-state index contributed by atoms with van der Waals surface area (Å²) in [5.41, 5.74) is -0.330. The molecular formula is C12H20N2O3. The summed E-state index contributed by atoms with van der Waals surface area (Å²) in [5, 5.41) is 11.3. The fourth-order valence-corrected chi connectivity index (χ4v) is 1.08. The molecule has 0 aromatic carbocycles. The molecule has 0 aliphatic rings. The monoisotopic (exact) mass is 240 g/mol. The number of carboxylic acid groups (broad SMARTS) is 1. The van der Waals surface area contributed by atoms with E-state index in [1.54, 1.807) is 7.05 Å². The molecule has 2 amide bonds. The van der Waals surface area contributed by atoms with Crippen LogP contribution in [0.2, 0.25) is 0 Å². The van der Waals surface area contributed by atoms with Gasteiger partial charge in [-0.2, -0.15) is 0 Å². The van der Waals surface area contributed by atoms with Gasteiger partial charge >= 0.3 is 12.0 Å². The number of amides is 2. The van der Waals surface area contributed by atoms with Crippen molar-refractivity contribution in [3.8, 4) is 12.3 Å². The Morgan fingerprint density at radius 2 is 2.06 bits per heavy atom. The van der Waals surface area contributed by atoms with Crippen LogP contribution in [0.3, 0.4) is 0 Å². The van der Waals surface area contributed by atoms with Crippen molar-refractivity contribution in [1.29, 1.82) is 0 Å². The van der Waals surface area contributed by atoms with Gasteiger partial charge in [0, 0.05) is 19.0 Å². The average molecular weight is 240 g/mol. The summed E-state index contributed by atoms with van der Waals surface area (Å²) in [6.45, 7) is 5.77. The number of terminal acetylenes is 1. The van der Waals surface area contributed by atoms with E-state index in [0.29, 0.717) is 0 Å². The lowest BCUT2D eigenvalue weighted by Gasteiger charge is -2.35. The number of hydrogen-bond acceptors (Lipinski definition) is 2. The first kappa shape index (κ1) is 15.3. The predicted molar refractivity (Wildman–Crippen MR) is 65.5 cm³/mol. The third-order valence-corrected chi connectivity index (χ3v) is 3.00. The van der Waals surface area contributed by atoms with Gasteiger partial charge in [-0.1, -0.05) is 6.92 Å². The van der Waals surface area contributed by atoms with Gasteiger partial charge in [0.05, 0.1) is 0 Å². The summed E-state index contributed by atoms with van der Waals surface area (Å²) < 4.78 is 0. The van der Waals surface area contributed by atoms with Crippen molar-refractivity contribution < 1.29 is 14.7 Å². The fourth-order valence-electron chi connectivity index (χ4n) is 1.08. The van der Waals surface area contributed by atoms with E-state index in [2.05, 4.69) is 11.2 Å². The van der Waals surface area contributed by atoms with Crippen molar-refractivity contribution in [3.63, 3.8) is 0 Å². The van der Waals surface area contributed by atoms with Gasteiger partial charge in [0.1, 0.15) is 6.04 Å². The molecule has 0 heterocycles. The SMILES string of the molecule is C#CCC(NC(=O)N(C)C(C)(C)CC)C(=O)O. The number of carbonyl (C=O) groups is 2. The molecule has 0 aliphatic heterocycles. The Morgan fingerprint density at radius 3 is 2.41 bits per heavy atom. The number of carbonyl (C=O) groups excluding carboxylic acids is 1. The maximum Gasteiger partial charge on any atom is 0.327 e. The zero-order valence-corrected chi connectivity index (χ0v) is 10.8. The van der Waals surface area contributed by atoms with E-state index in [0.717, 1.165) is 6.42 Å². The number of aliphatic carboxylic acids is 1. The minimum atomic E-state index is -1.13. The van der Waals surface area contributed by atoms with E-state index in [-0.39, 0.29) is 12.0 Å². The second kappa shape index (κ2) is 6.14. The summed E-state index contributed by atoms with van der Waals surface area (Å²) in [4.78, 5) is 24.1. The standard InChI is InChI=1S/C12H20N2O3/c1-6-8-9(10(15)16)13-11(17)14(5)12(3,4)7-2/h1,9H,7-8H2,2-5H3,(H,13,17)(H,15,16). The molecule has 1 atom stereocenters. The molecular weight excluding hydrogens is 220 g/mol. The van der Waals surface area contributed by atoms with Crippen LogP contribution in [0.15, 0.2) is 0 Å². The number of carboxylic acids is 1. The molecule has 0 aromatic rings. The van der Waals surface area contributed by atoms with Gasteiger partial charge in [-0.05, 0) is 20.3 Å². The van der Waals surface area contributed by atoms with Gasteiger partial charge < -0.3 is 15.3 Å². The summed E-state index contributed by atoms with van der Waals surface area (Å²) in [5.74, 6) is 1.11. The summed E-state index contributed by atoms with van der Waals surface area (Å²) in [6, 6.07) is -1.47. The highest BCUT2D eigenvalue weighted by Gasteiger charge is 2.28. The molecule has 0 radical (unpaired) electrons. The number of nitrogens with one attached hydrogen (secondary N) is 1. The highest BCUT2D eigenvalue weighted by Crippen LogP contribution is 2.16. The molecule has 0 saturated heterocycles. The van der Waals surface area contributed by atoms with Crippen LogP contribution in [0, 0.1) is 12.3 Å². The number of rotatable bonds is 5. The maximum absolute atomic E-state index is 11.8. The molecule has 0 aromatic heterocycles. The van der Waals surface area contributed by atoms with Crippen LogP contribution < -0.4 is 5.32 Å². The first-order valence-electron chi connectivity index (χ1n) is 5.46. The smallest absolute Gasteiger partial charge is 0.327 e. The molecule has 17 heavy (non-hydrogen) atoms. The zero-order valence-electron chi connectivity index (χ0n) is 10.8. The van der Waals surface area contributed by atoms with Crippen molar-refractivity contribution in [2.75, 3.05) is 7.05 Å². The third kappa shape index (κ3) is 4.35. The van der Waals surface area contributed by atoms with Crippen LogP contribution in [-0.4, -0.2) is 40.6 Å². The molecule has 1 unspecified atom stereocenters. The molecule has 96 valence electrons. The van der Waals surface area contributed by atoms with Gasteiger partial charge in [0.15, 0.2) is 0 Å². The van der Waals surface area contributed by atoms with Gasteiger partial charge in [-0.3, -0.25) is 0 Å². The third-order valence-electron chi connectivity index (χ3n) is 3.00. The van der Waals surface area contributed by atoms with Crippen molar-refractivity contribution in [2.45, 2.75) is 45.2 Å². The lowest BCUT2D eigenvalue weighted by molar-refractivity contribution is -0.139. The zero-order chi connectivity index (χ0) is 13.6. The van der Waals surface area contributed by atoms with Crippen LogP contribution >= 0.6 is 0 Å². The number of hydrogen-bond donors (Lipinski definition) is 2. The summed E-state index contributed by atoms with van der Waals surface area (Å²) in [7, 11) is 1.63. The largest absolute Gasteiger partial charge is 0.480 e. The Morgan fingerprint density at radius 1 is 1.53 bits per heavy atom. The molecule has 5 nitrogen and oxygen atoms in total. The second-order valence-corrected chi connectivity index (χ2v) is 4.47. The topological polar surface area (TPSA) is 69.6 Å². The average Bonchev–Trinajstić information content (AvgIpc) is 2.27. The van der Waals surface area contributed by atoms with E-state index >= 15 is 0 Å². The molecule has 0 bridgehead atoms. The fraction of sp³-hybridized carbons (Fsp3) is 0.667.